The maximum absolute atomic E-state index is 5.78. The minimum atomic E-state index is 0.268. The molecule has 0 aliphatic carbocycles. The first-order valence-electron chi connectivity index (χ1n) is 5.52. The number of methoxy groups -OCH3 is 2. The van der Waals surface area contributed by atoms with Gasteiger partial charge in [0, 0.05) is 5.56 Å². The van der Waals surface area contributed by atoms with E-state index in [4.69, 9.17) is 19.7 Å². The molecule has 0 atom stereocenters. The highest BCUT2D eigenvalue weighted by molar-refractivity contribution is 5.83. The van der Waals surface area contributed by atoms with Gasteiger partial charge in [0.2, 0.25) is 5.88 Å². The van der Waals surface area contributed by atoms with Crippen molar-refractivity contribution in [2.75, 3.05) is 20.0 Å². The van der Waals surface area contributed by atoms with Gasteiger partial charge in [-0.15, -0.1) is 0 Å². The van der Waals surface area contributed by atoms with Crippen LogP contribution in [0.25, 0.3) is 11.1 Å². The van der Waals surface area contributed by atoms with Crippen LogP contribution in [0, 0.1) is 13.8 Å². The van der Waals surface area contributed by atoms with E-state index in [1.165, 1.54) is 0 Å². The smallest absolute Gasteiger partial charge is 0.230 e. The largest absolute Gasteiger partial charge is 0.493 e. The van der Waals surface area contributed by atoms with Crippen LogP contribution in [0.2, 0.25) is 0 Å². The van der Waals surface area contributed by atoms with Gasteiger partial charge in [-0.25, -0.2) is 0 Å². The Labute approximate surface area is 105 Å². The van der Waals surface area contributed by atoms with Crippen LogP contribution in [-0.4, -0.2) is 19.4 Å². The molecule has 96 valence electrons. The van der Waals surface area contributed by atoms with Crippen LogP contribution in [0.5, 0.6) is 11.5 Å². The number of anilines is 1. The zero-order valence-corrected chi connectivity index (χ0v) is 10.9. The Balaban J connectivity index is 2.79. The van der Waals surface area contributed by atoms with Crippen molar-refractivity contribution < 1.29 is 14.0 Å². The van der Waals surface area contributed by atoms with Gasteiger partial charge in [0.25, 0.3) is 0 Å². The molecule has 0 aliphatic rings. The third-order valence-corrected chi connectivity index (χ3v) is 3.06. The first-order valence-corrected chi connectivity index (χ1v) is 5.52. The van der Waals surface area contributed by atoms with Gasteiger partial charge in [0.15, 0.2) is 11.5 Å². The van der Waals surface area contributed by atoms with Crippen molar-refractivity contribution >= 4 is 5.88 Å². The molecule has 0 bridgehead atoms. The summed E-state index contributed by atoms with van der Waals surface area (Å²) in [5.41, 5.74) is 9.49. The number of aryl methyl sites for hydroxylation is 1. The van der Waals surface area contributed by atoms with Gasteiger partial charge >= 0.3 is 0 Å². The van der Waals surface area contributed by atoms with Gasteiger partial charge in [-0.05, 0) is 31.0 Å². The molecule has 0 amide bonds. The Kier molecular flexibility index (Phi) is 3.14. The molecule has 0 radical (unpaired) electrons. The molecular weight excluding hydrogens is 232 g/mol. The summed E-state index contributed by atoms with van der Waals surface area (Å²) < 4.78 is 15.7. The van der Waals surface area contributed by atoms with E-state index in [1.807, 2.05) is 19.9 Å². The number of hydrogen-bond donors (Lipinski definition) is 1. The molecular formula is C13H16N2O3. The molecule has 1 heterocycles. The van der Waals surface area contributed by atoms with Gasteiger partial charge in [0.05, 0.1) is 26.0 Å². The van der Waals surface area contributed by atoms with Crippen molar-refractivity contribution in [1.82, 2.24) is 5.16 Å². The summed E-state index contributed by atoms with van der Waals surface area (Å²) >= 11 is 0. The summed E-state index contributed by atoms with van der Waals surface area (Å²) in [5.74, 6) is 1.57. The average Bonchev–Trinajstić information content (AvgIpc) is 2.78. The van der Waals surface area contributed by atoms with Crippen LogP contribution in [-0.2, 0) is 0 Å². The van der Waals surface area contributed by atoms with Gasteiger partial charge in [-0.1, -0.05) is 5.16 Å². The molecule has 1 aromatic heterocycles. The molecule has 2 aromatic rings. The topological polar surface area (TPSA) is 70.5 Å². The van der Waals surface area contributed by atoms with Gasteiger partial charge in [0.1, 0.15) is 0 Å². The highest BCUT2D eigenvalue weighted by Gasteiger charge is 2.20. The Hall–Kier alpha value is -2.17. The summed E-state index contributed by atoms with van der Waals surface area (Å²) in [6.07, 6.45) is 1.58. The fourth-order valence-electron chi connectivity index (χ4n) is 1.98. The Morgan fingerprint density at radius 2 is 1.94 bits per heavy atom. The summed E-state index contributed by atoms with van der Waals surface area (Å²) in [6, 6.07) is 1.93. The number of ether oxygens (including phenoxy) is 2. The van der Waals surface area contributed by atoms with E-state index in [0.717, 1.165) is 16.7 Å². The third-order valence-electron chi connectivity index (χ3n) is 3.06. The van der Waals surface area contributed by atoms with Crippen LogP contribution in [0.3, 0.4) is 0 Å². The number of benzene rings is 1. The minimum Gasteiger partial charge on any atom is -0.493 e. The fourth-order valence-corrected chi connectivity index (χ4v) is 1.98. The molecule has 2 N–H and O–H groups in total. The van der Waals surface area contributed by atoms with Crippen molar-refractivity contribution in [3.8, 4) is 22.6 Å². The molecule has 0 unspecified atom stereocenters. The molecule has 0 fully saturated rings. The second kappa shape index (κ2) is 4.60. The molecule has 0 aliphatic heterocycles. The lowest BCUT2D eigenvalue weighted by molar-refractivity contribution is 0.355. The number of hydrogen-bond acceptors (Lipinski definition) is 5. The van der Waals surface area contributed by atoms with Crippen LogP contribution in [0.15, 0.2) is 16.8 Å². The normalized spacial score (nSPS) is 10.4. The van der Waals surface area contributed by atoms with Crippen LogP contribution < -0.4 is 15.2 Å². The monoisotopic (exact) mass is 248 g/mol. The van der Waals surface area contributed by atoms with Crippen molar-refractivity contribution in [3.63, 3.8) is 0 Å². The van der Waals surface area contributed by atoms with E-state index in [1.54, 1.807) is 20.4 Å². The average molecular weight is 248 g/mol. The predicted molar refractivity (Wildman–Crippen MR) is 68.9 cm³/mol. The molecule has 5 heteroatoms. The Morgan fingerprint density at radius 1 is 1.22 bits per heavy atom. The lowest BCUT2D eigenvalue weighted by Gasteiger charge is -2.16. The zero-order valence-electron chi connectivity index (χ0n) is 10.9. The van der Waals surface area contributed by atoms with Gasteiger partial charge < -0.3 is 19.7 Å². The molecule has 2 rings (SSSR count). The van der Waals surface area contributed by atoms with E-state index < -0.39 is 0 Å². The molecule has 0 saturated heterocycles. The number of nitrogen functional groups attached to an aromatic ring is 1. The highest BCUT2D eigenvalue weighted by atomic mass is 16.5. The standard InChI is InChI=1S/C13H16N2O3/c1-7-5-10(16-3)12(17-4)11(8(7)2)9-6-15-18-13(9)14/h5-6H,14H2,1-4H3. The summed E-state index contributed by atoms with van der Waals surface area (Å²) in [7, 11) is 3.20. The Bertz CT molecular complexity index is 576. The van der Waals surface area contributed by atoms with Crippen LogP contribution >= 0.6 is 0 Å². The fraction of sp³-hybridized carbons (Fsp3) is 0.308. The van der Waals surface area contributed by atoms with Crippen LogP contribution in [0.1, 0.15) is 11.1 Å². The Morgan fingerprint density at radius 3 is 2.44 bits per heavy atom. The summed E-state index contributed by atoms with van der Waals surface area (Å²) in [4.78, 5) is 0. The first kappa shape index (κ1) is 12.3. The maximum atomic E-state index is 5.78. The van der Waals surface area contributed by atoms with Crippen molar-refractivity contribution in [3.05, 3.63) is 23.4 Å². The molecule has 5 nitrogen and oxygen atoms in total. The van der Waals surface area contributed by atoms with E-state index in [-0.39, 0.29) is 5.88 Å². The summed E-state index contributed by atoms with van der Waals surface area (Å²) in [6.45, 7) is 4.00. The third kappa shape index (κ3) is 1.77. The van der Waals surface area contributed by atoms with Crippen molar-refractivity contribution in [1.29, 1.82) is 0 Å². The molecule has 1 aromatic carbocycles. The minimum absolute atomic E-state index is 0.268. The van der Waals surface area contributed by atoms with E-state index in [2.05, 4.69) is 5.16 Å². The predicted octanol–water partition coefficient (Wildman–Crippen LogP) is 2.56. The first-order chi connectivity index (χ1) is 8.60. The van der Waals surface area contributed by atoms with Crippen molar-refractivity contribution in [2.45, 2.75) is 13.8 Å². The van der Waals surface area contributed by atoms with Crippen LogP contribution in [0.4, 0.5) is 5.88 Å². The van der Waals surface area contributed by atoms with Crippen molar-refractivity contribution in [2.24, 2.45) is 0 Å². The molecule has 18 heavy (non-hydrogen) atoms. The lowest BCUT2D eigenvalue weighted by Crippen LogP contribution is -1.98. The number of aromatic nitrogens is 1. The maximum Gasteiger partial charge on any atom is 0.230 e. The lowest BCUT2D eigenvalue weighted by atomic mass is 9.97. The van der Waals surface area contributed by atoms with Gasteiger partial charge in [-0.2, -0.15) is 0 Å². The van der Waals surface area contributed by atoms with E-state index in [9.17, 15) is 0 Å². The van der Waals surface area contributed by atoms with E-state index >= 15 is 0 Å². The highest BCUT2D eigenvalue weighted by Crippen LogP contribution is 2.43. The molecule has 0 saturated carbocycles. The number of rotatable bonds is 3. The zero-order chi connectivity index (χ0) is 13.3. The second-order valence-corrected chi connectivity index (χ2v) is 4.03. The number of nitrogens with zero attached hydrogens (tertiary/aromatic N) is 1. The summed E-state index contributed by atoms with van der Waals surface area (Å²) in [5, 5.41) is 3.70. The van der Waals surface area contributed by atoms with E-state index in [0.29, 0.717) is 17.1 Å². The molecule has 0 spiro atoms. The quantitative estimate of drug-likeness (QED) is 0.903. The second-order valence-electron chi connectivity index (χ2n) is 4.03. The SMILES string of the molecule is COc1cc(C)c(C)c(-c2cnoc2N)c1OC. The van der Waals surface area contributed by atoms with Gasteiger partial charge in [-0.3, -0.25) is 0 Å². The number of nitrogens with two attached hydrogens (primary N) is 1.